The van der Waals surface area contributed by atoms with Crippen LogP contribution in [0.15, 0.2) is 0 Å². The highest BCUT2D eigenvalue weighted by atomic mass is 15.1. The predicted molar refractivity (Wildman–Crippen MR) is 81.6 cm³/mol. The molecule has 0 aromatic rings. The maximum Gasteiger partial charge on any atom is 0.000133 e. The van der Waals surface area contributed by atoms with Gasteiger partial charge in [-0.2, -0.15) is 0 Å². The molecule has 0 fully saturated rings. The number of hydrogen-bond donors (Lipinski definition) is 0. The van der Waals surface area contributed by atoms with E-state index in [2.05, 4.69) is 39.6 Å². The summed E-state index contributed by atoms with van der Waals surface area (Å²) in [7, 11) is 2.25. The van der Waals surface area contributed by atoms with Crippen molar-refractivity contribution in [2.45, 2.75) is 73.6 Å². The maximum atomic E-state index is 2.47. The van der Waals surface area contributed by atoms with Crippen LogP contribution in [0.4, 0.5) is 0 Å². The highest BCUT2D eigenvalue weighted by Crippen LogP contribution is 2.13. The molecule has 0 spiro atoms. The van der Waals surface area contributed by atoms with Crippen LogP contribution in [0.1, 0.15) is 73.6 Å². The van der Waals surface area contributed by atoms with E-state index in [4.69, 9.17) is 0 Å². The molecule has 0 saturated heterocycles. The fourth-order valence-electron chi connectivity index (χ4n) is 2.04. The third-order valence-electron chi connectivity index (χ3n) is 2.98. The van der Waals surface area contributed by atoms with Crippen molar-refractivity contribution in [3.63, 3.8) is 0 Å². The summed E-state index contributed by atoms with van der Waals surface area (Å²) in [6, 6.07) is 0. The Hall–Kier alpha value is -0.0400. The molecular weight excluding hydrogens is 206 g/mol. The second-order valence-electron chi connectivity index (χ2n) is 5.55. The Morgan fingerprint density at radius 3 is 2.00 bits per heavy atom. The fourth-order valence-corrected chi connectivity index (χ4v) is 2.04. The van der Waals surface area contributed by atoms with Crippen LogP contribution in [-0.2, 0) is 0 Å². The summed E-state index contributed by atoms with van der Waals surface area (Å²) in [6.07, 6.45) is 6.97. The van der Waals surface area contributed by atoms with Gasteiger partial charge in [0, 0.05) is 6.54 Å². The molecule has 17 heavy (non-hydrogen) atoms. The Bertz CT molecular complexity index is 131. The topological polar surface area (TPSA) is 3.24 Å². The molecule has 0 saturated carbocycles. The van der Waals surface area contributed by atoms with E-state index < -0.39 is 0 Å². The van der Waals surface area contributed by atoms with Crippen LogP contribution in [0.3, 0.4) is 0 Å². The van der Waals surface area contributed by atoms with Crippen molar-refractivity contribution in [3.05, 3.63) is 0 Å². The minimum absolute atomic E-state index is 0.797. The summed E-state index contributed by atoms with van der Waals surface area (Å²) in [5, 5.41) is 0. The van der Waals surface area contributed by atoms with Crippen LogP contribution >= 0.6 is 0 Å². The molecule has 0 rings (SSSR count). The quantitative estimate of drug-likeness (QED) is 0.503. The van der Waals surface area contributed by atoms with Crippen molar-refractivity contribution in [2.24, 2.45) is 11.8 Å². The predicted octanol–water partition coefficient (Wildman–Crippen LogP) is 5.21. The molecule has 1 atom stereocenters. The number of hydrogen-bond acceptors (Lipinski definition) is 1. The number of rotatable bonds is 9. The van der Waals surface area contributed by atoms with Crippen molar-refractivity contribution >= 4 is 0 Å². The highest BCUT2D eigenvalue weighted by molar-refractivity contribution is 4.59. The Labute approximate surface area is 111 Å². The van der Waals surface area contributed by atoms with Crippen LogP contribution in [0.2, 0.25) is 0 Å². The van der Waals surface area contributed by atoms with Gasteiger partial charge in [-0.05, 0) is 31.8 Å². The van der Waals surface area contributed by atoms with Crippen LogP contribution in [-0.4, -0.2) is 25.0 Å². The van der Waals surface area contributed by atoms with E-state index in [-0.39, 0.29) is 0 Å². The lowest BCUT2D eigenvalue weighted by Gasteiger charge is -2.21. The highest BCUT2D eigenvalue weighted by Gasteiger charge is 2.05. The standard InChI is InChI=1S/C14H31N.C2H6/c1-6-7-8-9-14(4)10-11-15(5)12-13(2)3;1-2/h13-14H,6-12H2,1-5H3;1-2H3. The van der Waals surface area contributed by atoms with Crippen LogP contribution in [0.5, 0.6) is 0 Å². The van der Waals surface area contributed by atoms with E-state index >= 15 is 0 Å². The van der Waals surface area contributed by atoms with Gasteiger partial charge in [-0.1, -0.05) is 67.2 Å². The molecule has 0 aliphatic rings. The summed E-state index contributed by atoms with van der Waals surface area (Å²) in [5.74, 6) is 1.71. The maximum absolute atomic E-state index is 2.47. The lowest BCUT2D eigenvalue weighted by molar-refractivity contribution is 0.270. The van der Waals surface area contributed by atoms with Gasteiger partial charge in [0.15, 0.2) is 0 Å². The normalized spacial score (nSPS) is 12.5. The molecule has 0 bridgehead atoms. The Morgan fingerprint density at radius 1 is 0.941 bits per heavy atom. The van der Waals surface area contributed by atoms with E-state index in [1.54, 1.807) is 0 Å². The molecule has 0 amide bonds. The van der Waals surface area contributed by atoms with E-state index in [0.717, 1.165) is 11.8 Å². The number of unbranched alkanes of at least 4 members (excludes halogenated alkanes) is 2. The van der Waals surface area contributed by atoms with Gasteiger partial charge >= 0.3 is 0 Å². The fraction of sp³-hybridized carbons (Fsp3) is 1.00. The molecule has 1 heteroatoms. The monoisotopic (exact) mass is 243 g/mol. The van der Waals surface area contributed by atoms with Gasteiger partial charge in [0.25, 0.3) is 0 Å². The molecule has 0 aromatic carbocycles. The third-order valence-corrected chi connectivity index (χ3v) is 2.98. The summed E-state index contributed by atoms with van der Waals surface area (Å²) >= 11 is 0. The SMILES string of the molecule is CC.CCCCCC(C)CCN(C)CC(C)C. The van der Waals surface area contributed by atoms with Crippen LogP contribution in [0, 0.1) is 11.8 Å². The van der Waals surface area contributed by atoms with E-state index in [1.807, 2.05) is 13.8 Å². The zero-order chi connectivity index (χ0) is 13.7. The molecule has 1 nitrogen and oxygen atoms in total. The van der Waals surface area contributed by atoms with E-state index in [9.17, 15) is 0 Å². The molecule has 0 aliphatic carbocycles. The van der Waals surface area contributed by atoms with Crippen LogP contribution < -0.4 is 0 Å². The average molecular weight is 243 g/mol. The molecule has 0 aromatic heterocycles. The van der Waals surface area contributed by atoms with Gasteiger partial charge < -0.3 is 4.90 Å². The first kappa shape index (κ1) is 19.3. The lowest BCUT2D eigenvalue weighted by atomic mass is 9.99. The van der Waals surface area contributed by atoms with E-state index in [1.165, 1.54) is 45.2 Å². The summed E-state index contributed by atoms with van der Waals surface area (Å²) in [5.41, 5.74) is 0. The minimum Gasteiger partial charge on any atom is -0.306 e. The second kappa shape index (κ2) is 14.0. The lowest BCUT2D eigenvalue weighted by Crippen LogP contribution is -2.25. The zero-order valence-electron chi connectivity index (χ0n) is 13.6. The second-order valence-corrected chi connectivity index (χ2v) is 5.55. The summed E-state index contributed by atoms with van der Waals surface area (Å²) in [6.45, 7) is 15.8. The summed E-state index contributed by atoms with van der Waals surface area (Å²) < 4.78 is 0. The first-order valence-corrected chi connectivity index (χ1v) is 7.74. The molecule has 1 unspecified atom stereocenters. The minimum atomic E-state index is 0.797. The number of nitrogens with zero attached hydrogens (tertiary/aromatic N) is 1. The third kappa shape index (κ3) is 16.0. The molecule has 0 radical (unpaired) electrons. The Kier molecular flexibility index (Phi) is 15.9. The molecule has 0 N–H and O–H groups in total. The van der Waals surface area contributed by atoms with Crippen molar-refractivity contribution in [1.82, 2.24) is 4.90 Å². The molecule has 0 heterocycles. The first-order chi connectivity index (χ1) is 8.06. The molecule has 106 valence electrons. The smallest absolute Gasteiger partial charge is 0.000133 e. The molecule has 0 aliphatic heterocycles. The Morgan fingerprint density at radius 2 is 1.53 bits per heavy atom. The average Bonchev–Trinajstić information content (AvgIpc) is 2.28. The molecular formula is C16H37N. The van der Waals surface area contributed by atoms with Crippen molar-refractivity contribution in [2.75, 3.05) is 20.1 Å². The van der Waals surface area contributed by atoms with Gasteiger partial charge in [-0.25, -0.2) is 0 Å². The van der Waals surface area contributed by atoms with Gasteiger partial charge in [-0.15, -0.1) is 0 Å². The van der Waals surface area contributed by atoms with E-state index in [0.29, 0.717) is 0 Å². The van der Waals surface area contributed by atoms with Crippen molar-refractivity contribution < 1.29 is 0 Å². The van der Waals surface area contributed by atoms with Crippen LogP contribution in [0.25, 0.3) is 0 Å². The first-order valence-electron chi connectivity index (χ1n) is 7.74. The van der Waals surface area contributed by atoms with Gasteiger partial charge in [0.05, 0.1) is 0 Å². The van der Waals surface area contributed by atoms with Gasteiger partial charge in [0.2, 0.25) is 0 Å². The van der Waals surface area contributed by atoms with Gasteiger partial charge in [0.1, 0.15) is 0 Å². The van der Waals surface area contributed by atoms with Gasteiger partial charge in [-0.3, -0.25) is 0 Å². The Balaban J connectivity index is 0. The largest absolute Gasteiger partial charge is 0.306 e. The van der Waals surface area contributed by atoms with Crippen molar-refractivity contribution in [3.8, 4) is 0 Å². The summed E-state index contributed by atoms with van der Waals surface area (Å²) in [4.78, 5) is 2.47. The zero-order valence-corrected chi connectivity index (χ0v) is 13.6. The van der Waals surface area contributed by atoms with Crippen molar-refractivity contribution in [1.29, 1.82) is 0 Å².